The largest absolute Gasteiger partial charge is 0.338 e. The molecule has 2 heterocycles. The highest BCUT2D eigenvalue weighted by Crippen LogP contribution is 2.15. The van der Waals surface area contributed by atoms with Crippen LogP contribution in [0.4, 0.5) is 0 Å². The lowest BCUT2D eigenvalue weighted by Crippen LogP contribution is -2.25. The summed E-state index contributed by atoms with van der Waals surface area (Å²) in [6.45, 7) is 4.91. The normalized spacial score (nSPS) is 12.6. The zero-order chi connectivity index (χ0) is 13.0. The van der Waals surface area contributed by atoms with Gasteiger partial charge in [-0.3, -0.25) is 0 Å². The van der Waals surface area contributed by atoms with Gasteiger partial charge in [-0.25, -0.2) is 15.0 Å². The first-order valence-electron chi connectivity index (χ1n) is 6.19. The number of aryl methyl sites for hydroxylation is 2. The summed E-state index contributed by atoms with van der Waals surface area (Å²) in [4.78, 5) is 13.0. The Morgan fingerprint density at radius 3 is 2.78 bits per heavy atom. The Hall–Kier alpha value is -1.75. The van der Waals surface area contributed by atoms with Crippen LogP contribution < -0.4 is 5.32 Å². The van der Waals surface area contributed by atoms with Gasteiger partial charge in [-0.15, -0.1) is 0 Å². The molecule has 0 bridgehead atoms. The number of nitrogens with zero attached hydrogens (tertiary/aromatic N) is 4. The van der Waals surface area contributed by atoms with E-state index in [9.17, 15) is 0 Å². The predicted octanol–water partition coefficient (Wildman–Crippen LogP) is 1.41. The Morgan fingerprint density at radius 2 is 2.17 bits per heavy atom. The Morgan fingerprint density at radius 1 is 1.33 bits per heavy atom. The molecule has 0 aliphatic rings. The van der Waals surface area contributed by atoms with Crippen molar-refractivity contribution >= 4 is 0 Å². The van der Waals surface area contributed by atoms with E-state index in [1.54, 1.807) is 6.20 Å². The second-order valence-electron chi connectivity index (χ2n) is 4.30. The van der Waals surface area contributed by atoms with Crippen LogP contribution in [0.15, 0.2) is 24.7 Å². The smallest absolute Gasteiger partial charge is 0.125 e. The van der Waals surface area contributed by atoms with E-state index in [0.29, 0.717) is 0 Å². The average Bonchev–Trinajstić information content (AvgIpc) is 2.74. The van der Waals surface area contributed by atoms with Crippen LogP contribution in [0.5, 0.6) is 0 Å². The van der Waals surface area contributed by atoms with E-state index >= 15 is 0 Å². The van der Waals surface area contributed by atoms with E-state index in [4.69, 9.17) is 0 Å². The molecular weight excluding hydrogens is 226 g/mol. The fourth-order valence-electron chi connectivity index (χ4n) is 1.97. The lowest BCUT2D eigenvalue weighted by atomic mass is 10.1. The van der Waals surface area contributed by atoms with Crippen LogP contribution in [0.25, 0.3) is 0 Å². The molecule has 0 fully saturated rings. The van der Waals surface area contributed by atoms with Gasteiger partial charge in [0.1, 0.15) is 11.6 Å². The fourth-order valence-corrected chi connectivity index (χ4v) is 1.97. The summed E-state index contributed by atoms with van der Waals surface area (Å²) in [5.41, 5.74) is 1.02. The van der Waals surface area contributed by atoms with Crippen molar-refractivity contribution in [3.8, 4) is 0 Å². The Labute approximate surface area is 107 Å². The molecule has 1 unspecified atom stereocenters. The van der Waals surface area contributed by atoms with Crippen molar-refractivity contribution in [1.82, 2.24) is 24.8 Å². The first kappa shape index (κ1) is 12.7. The zero-order valence-corrected chi connectivity index (χ0v) is 11.1. The topological polar surface area (TPSA) is 55.6 Å². The molecule has 5 heteroatoms. The van der Waals surface area contributed by atoms with Gasteiger partial charge in [-0.2, -0.15) is 0 Å². The number of nitrogens with one attached hydrogen (secondary N) is 1. The molecule has 96 valence electrons. The van der Waals surface area contributed by atoms with E-state index in [-0.39, 0.29) is 6.04 Å². The van der Waals surface area contributed by atoms with Crippen LogP contribution >= 0.6 is 0 Å². The van der Waals surface area contributed by atoms with Gasteiger partial charge in [0.15, 0.2) is 0 Å². The second kappa shape index (κ2) is 5.73. The molecule has 0 aliphatic carbocycles. The van der Waals surface area contributed by atoms with E-state index < -0.39 is 0 Å². The average molecular weight is 245 g/mol. The Balaban J connectivity index is 2.20. The van der Waals surface area contributed by atoms with Crippen LogP contribution in [-0.4, -0.2) is 26.1 Å². The molecule has 0 saturated heterocycles. The fraction of sp³-hybridized carbons (Fsp3) is 0.462. The lowest BCUT2D eigenvalue weighted by molar-refractivity contribution is 0.515. The number of aromatic nitrogens is 4. The Bertz CT molecular complexity index is 506. The molecule has 0 saturated carbocycles. The van der Waals surface area contributed by atoms with Crippen LogP contribution in [-0.2, 0) is 13.5 Å². The summed E-state index contributed by atoms with van der Waals surface area (Å²) in [6.07, 6.45) is 6.42. The standard InChI is InChI=1S/C13H19N5/c1-4-14-12(9-13-16-7-8-18(13)3)11-5-6-15-10(2)17-11/h5-8,12,14H,4,9H2,1-3H3. The van der Waals surface area contributed by atoms with Crippen molar-refractivity contribution in [3.63, 3.8) is 0 Å². The summed E-state index contributed by atoms with van der Waals surface area (Å²) in [5, 5.41) is 3.45. The number of rotatable bonds is 5. The van der Waals surface area contributed by atoms with Gasteiger partial charge >= 0.3 is 0 Å². The molecule has 2 aromatic rings. The van der Waals surface area contributed by atoms with Gasteiger partial charge in [0.25, 0.3) is 0 Å². The van der Waals surface area contributed by atoms with Gasteiger partial charge < -0.3 is 9.88 Å². The minimum atomic E-state index is 0.179. The molecule has 5 nitrogen and oxygen atoms in total. The maximum absolute atomic E-state index is 4.49. The molecule has 1 atom stereocenters. The third kappa shape index (κ3) is 2.92. The summed E-state index contributed by atoms with van der Waals surface area (Å²) in [5.74, 6) is 1.85. The Kier molecular flexibility index (Phi) is 4.04. The highest BCUT2D eigenvalue weighted by atomic mass is 15.0. The molecule has 0 amide bonds. The third-order valence-electron chi connectivity index (χ3n) is 2.91. The first-order valence-corrected chi connectivity index (χ1v) is 6.19. The molecular formula is C13H19N5. The van der Waals surface area contributed by atoms with Gasteiger partial charge in [0.2, 0.25) is 0 Å². The minimum Gasteiger partial charge on any atom is -0.338 e. The van der Waals surface area contributed by atoms with Gasteiger partial charge in [-0.05, 0) is 19.5 Å². The van der Waals surface area contributed by atoms with Crippen LogP contribution in [0, 0.1) is 6.92 Å². The van der Waals surface area contributed by atoms with Crippen molar-refractivity contribution in [3.05, 3.63) is 42.0 Å². The highest BCUT2D eigenvalue weighted by molar-refractivity contribution is 5.10. The summed E-state index contributed by atoms with van der Waals surface area (Å²) in [6, 6.07) is 2.14. The maximum atomic E-state index is 4.49. The number of hydrogen-bond acceptors (Lipinski definition) is 4. The molecule has 0 aliphatic heterocycles. The van der Waals surface area contributed by atoms with Crippen molar-refractivity contribution in [2.24, 2.45) is 7.05 Å². The quantitative estimate of drug-likeness (QED) is 0.865. The van der Waals surface area contributed by atoms with Crippen LogP contribution in [0.2, 0.25) is 0 Å². The lowest BCUT2D eigenvalue weighted by Gasteiger charge is -2.17. The van der Waals surface area contributed by atoms with Crippen molar-refractivity contribution in [1.29, 1.82) is 0 Å². The third-order valence-corrected chi connectivity index (χ3v) is 2.91. The molecule has 2 aromatic heterocycles. The second-order valence-corrected chi connectivity index (χ2v) is 4.30. The van der Waals surface area contributed by atoms with Crippen molar-refractivity contribution in [2.45, 2.75) is 26.3 Å². The number of imidazole rings is 1. The molecule has 18 heavy (non-hydrogen) atoms. The number of hydrogen-bond donors (Lipinski definition) is 1. The van der Waals surface area contributed by atoms with E-state index in [1.807, 2.05) is 37.0 Å². The minimum absolute atomic E-state index is 0.179. The maximum Gasteiger partial charge on any atom is 0.125 e. The zero-order valence-electron chi connectivity index (χ0n) is 11.1. The van der Waals surface area contributed by atoms with Crippen molar-refractivity contribution in [2.75, 3.05) is 6.54 Å². The summed E-state index contributed by atoms with van der Waals surface area (Å²) in [7, 11) is 2.01. The monoisotopic (exact) mass is 245 g/mol. The van der Waals surface area contributed by atoms with Crippen molar-refractivity contribution < 1.29 is 0 Å². The molecule has 0 radical (unpaired) electrons. The van der Waals surface area contributed by atoms with Gasteiger partial charge in [0.05, 0.1) is 11.7 Å². The van der Waals surface area contributed by atoms with Crippen LogP contribution in [0.1, 0.15) is 30.3 Å². The predicted molar refractivity (Wildman–Crippen MR) is 70.1 cm³/mol. The summed E-state index contributed by atoms with van der Waals surface area (Å²) >= 11 is 0. The van der Waals surface area contributed by atoms with Gasteiger partial charge in [0, 0.05) is 32.1 Å². The number of likely N-dealkylation sites (N-methyl/N-ethyl adjacent to an activating group) is 1. The van der Waals surface area contributed by atoms with Gasteiger partial charge in [-0.1, -0.05) is 6.92 Å². The molecule has 2 rings (SSSR count). The van der Waals surface area contributed by atoms with E-state index in [2.05, 4.69) is 27.2 Å². The highest BCUT2D eigenvalue weighted by Gasteiger charge is 2.15. The molecule has 0 spiro atoms. The molecule has 0 aromatic carbocycles. The van der Waals surface area contributed by atoms with Crippen LogP contribution in [0.3, 0.4) is 0 Å². The molecule has 1 N–H and O–H groups in total. The van der Waals surface area contributed by atoms with E-state index in [1.165, 1.54) is 0 Å². The SMILES string of the molecule is CCNC(Cc1nccn1C)c1ccnc(C)n1. The first-order chi connectivity index (χ1) is 8.70. The van der Waals surface area contributed by atoms with E-state index in [0.717, 1.165) is 30.3 Å². The summed E-state index contributed by atoms with van der Waals surface area (Å²) < 4.78 is 2.04.